The molecular formula is C19H17F3N3+. The van der Waals surface area contributed by atoms with Crippen molar-refractivity contribution >= 4 is 0 Å². The average molecular weight is 344 g/mol. The molecule has 6 heteroatoms. The number of aryl methyl sites for hydroxylation is 1. The first-order chi connectivity index (χ1) is 12.0. The Morgan fingerprint density at radius 2 is 1.72 bits per heavy atom. The molecule has 2 aromatic carbocycles. The van der Waals surface area contributed by atoms with Crippen molar-refractivity contribution in [2.75, 3.05) is 0 Å². The molecule has 0 spiro atoms. The minimum Gasteiger partial charge on any atom is -0.231 e. The molecular weight excluding hydrogens is 327 g/mol. The molecule has 3 nitrogen and oxygen atoms in total. The molecule has 0 bridgehead atoms. The zero-order chi connectivity index (χ0) is 17.4. The Bertz CT molecular complexity index is 881. The van der Waals surface area contributed by atoms with Crippen LogP contribution in [0.5, 0.6) is 0 Å². The highest BCUT2D eigenvalue weighted by molar-refractivity contribution is 5.36. The van der Waals surface area contributed by atoms with Gasteiger partial charge < -0.3 is 0 Å². The molecule has 1 aliphatic heterocycles. The van der Waals surface area contributed by atoms with E-state index in [0.29, 0.717) is 12.1 Å². The summed E-state index contributed by atoms with van der Waals surface area (Å²) >= 11 is 0. The number of halogens is 3. The Kier molecular flexibility index (Phi) is 3.82. The van der Waals surface area contributed by atoms with Crippen LogP contribution in [-0.4, -0.2) is 9.78 Å². The molecule has 0 amide bonds. The molecule has 1 aliphatic rings. The molecule has 0 N–H and O–H groups in total. The van der Waals surface area contributed by atoms with Gasteiger partial charge in [-0.1, -0.05) is 35.0 Å². The lowest BCUT2D eigenvalue weighted by Crippen LogP contribution is -2.36. The maximum absolute atomic E-state index is 12.8. The normalized spacial score (nSPS) is 13.9. The fourth-order valence-corrected chi connectivity index (χ4v) is 3.28. The van der Waals surface area contributed by atoms with E-state index in [2.05, 4.69) is 9.67 Å². The Balaban J connectivity index is 1.75. The highest BCUT2D eigenvalue weighted by Crippen LogP contribution is 2.29. The lowest BCUT2D eigenvalue weighted by molar-refractivity contribution is -0.698. The summed E-state index contributed by atoms with van der Waals surface area (Å²) in [5.41, 5.74) is 1.16. The summed E-state index contributed by atoms with van der Waals surface area (Å²) in [6.07, 6.45) is -1.69. The maximum atomic E-state index is 12.8. The number of rotatable bonds is 3. The van der Waals surface area contributed by atoms with Gasteiger partial charge in [-0.15, -0.1) is 0 Å². The third-order valence-corrected chi connectivity index (χ3v) is 4.51. The molecule has 3 aromatic rings. The maximum Gasteiger partial charge on any atom is 0.416 e. The fourth-order valence-electron chi connectivity index (χ4n) is 3.28. The smallest absolute Gasteiger partial charge is 0.231 e. The van der Waals surface area contributed by atoms with Crippen LogP contribution in [0.1, 0.15) is 29.2 Å². The molecule has 0 saturated heterocycles. The molecule has 0 aliphatic carbocycles. The summed E-state index contributed by atoms with van der Waals surface area (Å²) in [6.45, 7) is 0.901. The summed E-state index contributed by atoms with van der Waals surface area (Å²) < 4.78 is 42.3. The van der Waals surface area contributed by atoms with Crippen molar-refractivity contribution in [1.29, 1.82) is 0 Å². The Morgan fingerprint density at radius 3 is 2.40 bits per heavy atom. The van der Waals surface area contributed by atoms with Crippen LogP contribution < -0.4 is 4.57 Å². The summed E-state index contributed by atoms with van der Waals surface area (Å²) in [5, 5.41) is 4.65. The summed E-state index contributed by atoms with van der Waals surface area (Å²) in [5.74, 6) is 1.99. The summed E-state index contributed by atoms with van der Waals surface area (Å²) in [7, 11) is 0. The van der Waals surface area contributed by atoms with E-state index in [9.17, 15) is 13.2 Å². The van der Waals surface area contributed by atoms with Gasteiger partial charge >= 0.3 is 6.18 Å². The van der Waals surface area contributed by atoms with Crippen molar-refractivity contribution in [3.05, 3.63) is 77.4 Å². The second-order valence-electron chi connectivity index (χ2n) is 6.21. The van der Waals surface area contributed by atoms with Gasteiger partial charge in [0.1, 0.15) is 5.69 Å². The van der Waals surface area contributed by atoms with Gasteiger partial charge in [0.25, 0.3) is 5.82 Å². The molecule has 0 fully saturated rings. The van der Waals surface area contributed by atoms with Gasteiger partial charge in [0.05, 0.1) is 18.5 Å². The van der Waals surface area contributed by atoms with Gasteiger partial charge in [-0.25, -0.2) is 4.57 Å². The number of hydrogen-bond donors (Lipinski definition) is 0. The van der Waals surface area contributed by atoms with E-state index in [1.54, 1.807) is 4.68 Å². The minimum absolute atomic E-state index is 0.645. The Hall–Kier alpha value is -2.63. The number of nitrogens with zero attached hydrogens (tertiary/aromatic N) is 3. The first-order valence-corrected chi connectivity index (χ1v) is 8.24. The van der Waals surface area contributed by atoms with Crippen molar-refractivity contribution in [3.63, 3.8) is 0 Å². The van der Waals surface area contributed by atoms with E-state index in [0.717, 1.165) is 48.7 Å². The van der Waals surface area contributed by atoms with Crippen LogP contribution in [0, 0.1) is 0 Å². The number of benzene rings is 2. The fraction of sp³-hybridized carbons (Fsp3) is 0.263. The summed E-state index contributed by atoms with van der Waals surface area (Å²) in [4.78, 5) is 0. The van der Waals surface area contributed by atoms with Crippen molar-refractivity contribution < 1.29 is 17.7 Å². The predicted octanol–water partition coefficient (Wildman–Crippen LogP) is 3.72. The highest BCUT2D eigenvalue weighted by atomic mass is 19.4. The number of aromatic nitrogens is 3. The Morgan fingerprint density at radius 1 is 1.00 bits per heavy atom. The standard InChI is InChI=1S/C19H17F3N3/c20-19(21,22)15-8-10-16(11-9-15)25-18(13-14-5-2-1-3-6-14)24-12-4-7-17(24)23-25/h1-3,5-6,8-11H,4,7,12-13H2/q+1. The van der Waals surface area contributed by atoms with Crippen molar-refractivity contribution in [2.24, 2.45) is 0 Å². The lowest BCUT2D eigenvalue weighted by atomic mass is 10.1. The van der Waals surface area contributed by atoms with E-state index < -0.39 is 11.7 Å². The van der Waals surface area contributed by atoms with E-state index in [1.165, 1.54) is 12.1 Å². The lowest BCUT2D eigenvalue weighted by Gasteiger charge is -2.07. The zero-order valence-corrected chi connectivity index (χ0v) is 13.5. The molecule has 128 valence electrons. The molecule has 4 rings (SSSR count). The molecule has 0 saturated carbocycles. The van der Waals surface area contributed by atoms with Gasteiger partial charge in [0.2, 0.25) is 5.82 Å². The van der Waals surface area contributed by atoms with Gasteiger partial charge in [-0.05, 0) is 36.2 Å². The van der Waals surface area contributed by atoms with E-state index >= 15 is 0 Å². The van der Waals surface area contributed by atoms with Crippen LogP contribution in [0.25, 0.3) is 5.69 Å². The Labute approximate surface area is 143 Å². The van der Waals surface area contributed by atoms with Crippen LogP contribution in [0.4, 0.5) is 13.2 Å². The van der Waals surface area contributed by atoms with E-state index in [1.807, 2.05) is 30.3 Å². The number of hydrogen-bond acceptors (Lipinski definition) is 1. The van der Waals surface area contributed by atoms with E-state index in [4.69, 9.17) is 0 Å². The van der Waals surface area contributed by atoms with Crippen LogP contribution in [0.15, 0.2) is 54.6 Å². The first-order valence-electron chi connectivity index (χ1n) is 8.24. The molecule has 0 unspecified atom stereocenters. The van der Waals surface area contributed by atoms with Gasteiger partial charge in [-0.2, -0.15) is 13.2 Å². The van der Waals surface area contributed by atoms with Gasteiger partial charge in [0.15, 0.2) is 0 Å². The second kappa shape index (κ2) is 6.02. The third kappa shape index (κ3) is 3.04. The minimum atomic E-state index is -4.33. The largest absolute Gasteiger partial charge is 0.416 e. The van der Waals surface area contributed by atoms with Crippen LogP contribution >= 0.6 is 0 Å². The monoisotopic (exact) mass is 344 g/mol. The zero-order valence-electron chi connectivity index (χ0n) is 13.5. The predicted molar refractivity (Wildman–Crippen MR) is 86.3 cm³/mol. The average Bonchev–Trinajstić information content (AvgIpc) is 3.18. The highest BCUT2D eigenvalue weighted by Gasteiger charge is 2.32. The van der Waals surface area contributed by atoms with Crippen LogP contribution in [-0.2, 0) is 25.6 Å². The second-order valence-corrected chi connectivity index (χ2v) is 6.21. The van der Waals surface area contributed by atoms with Crippen molar-refractivity contribution in [2.45, 2.75) is 32.0 Å². The van der Waals surface area contributed by atoms with Gasteiger partial charge in [0, 0.05) is 11.5 Å². The number of fused-ring (bicyclic) bond motifs is 1. The molecule has 2 heterocycles. The molecule has 0 radical (unpaired) electrons. The van der Waals surface area contributed by atoms with Crippen LogP contribution in [0.2, 0.25) is 0 Å². The number of alkyl halides is 3. The topological polar surface area (TPSA) is 21.7 Å². The van der Waals surface area contributed by atoms with Crippen molar-refractivity contribution in [3.8, 4) is 5.69 Å². The molecule has 0 atom stereocenters. The third-order valence-electron chi connectivity index (χ3n) is 4.51. The van der Waals surface area contributed by atoms with Crippen LogP contribution in [0.3, 0.4) is 0 Å². The first kappa shape index (κ1) is 15.9. The van der Waals surface area contributed by atoms with E-state index in [-0.39, 0.29) is 0 Å². The molecule has 25 heavy (non-hydrogen) atoms. The van der Waals surface area contributed by atoms with Crippen molar-refractivity contribution in [1.82, 2.24) is 9.78 Å². The summed E-state index contributed by atoms with van der Waals surface area (Å²) in [6, 6.07) is 15.2. The molecule has 1 aromatic heterocycles. The van der Waals surface area contributed by atoms with Gasteiger partial charge in [-0.3, -0.25) is 0 Å². The SMILES string of the molecule is FC(F)(F)c1ccc(-n2nc3[n+](c2Cc2ccccc2)CCC3)cc1. The quantitative estimate of drug-likeness (QED) is 0.664.